The first kappa shape index (κ1) is 18.8. The van der Waals surface area contributed by atoms with Gasteiger partial charge in [-0.3, -0.25) is 0 Å². The summed E-state index contributed by atoms with van der Waals surface area (Å²) in [6.45, 7) is 0. The largest absolute Gasteiger partial charge is 0.333 e. The third-order valence-corrected chi connectivity index (χ3v) is 7.81. The molecular weight excluding hydrogens is 402 g/mol. The lowest BCUT2D eigenvalue weighted by Crippen LogP contribution is -2.43. The number of rotatable bonds is 5. The Hall–Kier alpha value is -1.54. The summed E-state index contributed by atoms with van der Waals surface area (Å²) in [4.78, 5) is 8.19. The highest BCUT2D eigenvalue weighted by molar-refractivity contribution is 7.99. The first-order chi connectivity index (χ1) is 13.0. The fraction of sp³-hybridized carbons (Fsp3) is 0.316. The molecule has 1 fully saturated rings. The summed E-state index contributed by atoms with van der Waals surface area (Å²) >= 11 is 7.49. The van der Waals surface area contributed by atoms with Crippen molar-refractivity contribution in [3.05, 3.63) is 53.6 Å². The number of para-hydroxylation sites is 2. The average molecular weight is 422 g/mol. The number of benzene rings is 2. The second kappa shape index (κ2) is 7.83. The van der Waals surface area contributed by atoms with E-state index in [4.69, 9.17) is 11.6 Å². The van der Waals surface area contributed by atoms with Gasteiger partial charge in [0.25, 0.3) is 0 Å². The van der Waals surface area contributed by atoms with E-state index in [2.05, 4.69) is 14.7 Å². The third kappa shape index (κ3) is 4.32. The Kier molecular flexibility index (Phi) is 5.45. The first-order valence-corrected chi connectivity index (χ1v) is 11.6. The SMILES string of the molecule is O=S(=O)(N[C@H]1CCCC[C@@H]1Sc1nc2ccccc2[nH]1)c1ccc(Cl)cc1. The second-order valence-electron chi connectivity index (χ2n) is 6.68. The van der Waals surface area contributed by atoms with Gasteiger partial charge in [-0.25, -0.2) is 18.1 Å². The minimum Gasteiger partial charge on any atom is -0.333 e. The molecule has 0 bridgehead atoms. The number of sulfonamides is 1. The zero-order chi connectivity index (χ0) is 18.9. The second-order valence-corrected chi connectivity index (χ2v) is 10.1. The number of nitrogens with zero attached hydrogens (tertiary/aromatic N) is 1. The summed E-state index contributed by atoms with van der Waals surface area (Å²) in [7, 11) is -3.58. The average Bonchev–Trinajstić information content (AvgIpc) is 3.06. The topological polar surface area (TPSA) is 74.8 Å². The molecule has 0 radical (unpaired) electrons. The first-order valence-electron chi connectivity index (χ1n) is 8.90. The molecule has 1 aromatic heterocycles. The number of H-pyrrole nitrogens is 1. The van der Waals surface area contributed by atoms with Crippen molar-refractivity contribution in [2.45, 2.75) is 47.0 Å². The Labute approximate surface area is 168 Å². The molecule has 0 spiro atoms. The molecule has 1 aliphatic carbocycles. The van der Waals surface area contributed by atoms with Gasteiger partial charge in [0.2, 0.25) is 10.0 Å². The number of aromatic nitrogens is 2. The summed E-state index contributed by atoms with van der Waals surface area (Å²) in [6, 6.07) is 14.0. The molecule has 5 nitrogen and oxygen atoms in total. The molecule has 2 atom stereocenters. The number of fused-ring (bicyclic) bond motifs is 1. The summed E-state index contributed by atoms with van der Waals surface area (Å²) in [5, 5.41) is 1.49. The van der Waals surface area contributed by atoms with Gasteiger partial charge in [0, 0.05) is 16.3 Å². The van der Waals surface area contributed by atoms with Gasteiger partial charge in [-0.1, -0.05) is 48.3 Å². The van der Waals surface area contributed by atoms with E-state index in [-0.39, 0.29) is 16.2 Å². The number of nitrogens with one attached hydrogen (secondary N) is 2. The molecule has 0 amide bonds. The van der Waals surface area contributed by atoms with Crippen molar-refractivity contribution in [2.24, 2.45) is 0 Å². The van der Waals surface area contributed by atoms with Gasteiger partial charge in [0.1, 0.15) is 0 Å². The highest BCUT2D eigenvalue weighted by Gasteiger charge is 2.31. The minimum atomic E-state index is -3.58. The van der Waals surface area contributed by atoms with Crippen molar-refractivity contribution in [2.75, 3.05) is 0 Å². The molecule has 8 heteroatoms. The van der Waals surface area contributed by atoms with E-state index in [1.165, 1.54) is 12.1 Å². The molecule has 27 heavy (non-hydrogen) atoms. The predicted molar refractivity (Wildman–Crippen MR) is 110 cm³/mol. The molecule has 0 saturated heterocycles. The van der Waals surface area contributed by atoms with E-state index in [0.717, 1.165) is 41.9 Å². The minimum absolute atomic E-state index is 0.127. The molecule has 0 aliphatic heterocycles. The van der Waals surface area contributed by atoms with Crippen molar-refractivity contribution in [3.63, 3.8) is 0 Å². The van der Waals surface area contributed by atoms with E-state index >= 15 is 0 Å². The monoisotopic (exact) mass is 421 g/mol. The maximum Gasteiger partial charge on any atom is 0.240 e. The Bertz CT molecular complexity index is 1000. The molecule has 2 aromatic carbocycles. The highest BCUT2D eigenvalue weighted by atomic mass is 35.5. The zero-order valence-corrected chi connectivity index (χ0v) is 16.9. The van der Waals surface area contributed by atoms with Crippen LogP contribution in [0.3, 0.4) is 0 Å². The van der Waals surface area contributed by atoms with Gasteiger partial charge < -0.3 is 4.98 Å². The molecule has 3 aromatic rings. The fourth-order valence-corrected chi connectivity index (χ4v) is 6.17. The van der Waals surface area contributed by atoms with Gasteiger partial charge in [-0.2, -0.15) is 0 Å². The number of halogens is 1. The zero-order valence-electron chi connectivity index (χ0n) is 14.6. The van der Waals surface area contributed by atoms with E-state index < -0.39 is 10.0 Å². The van der Waals surface area contributed by atoms with Crippen LogP contribution in [0.1, 0.15) is 25.7 Å². The van der Waals surface area contributed by atoms with E-state index in [1.54, 1.807) is 23.9 Å². The third-order valence-electron chi connectivity index (χ3n) is 4.76. The Morgan fingerprint density at radius 2 is 1.81 bits per heavy atom. The van der Waals surface area contributed by atoms with E-state index in [0.29, 0.717) is 5.02 Å². The highest BCUT2D eigenvalue weighted by Crippen LogP contribution is 2.34. The lowest BCUT2D eigenvalue weighted by atomic mass is 9.96. The summed E-state index contributed by atoms with van der Waals surface area (Å²) in [5.41, 5.74) is 1.92. The molecular formula is C19H20ClN3O2S2. The Morgan fingerprint density at radius 1 is 1.07 bits per heavy atom. The number of hydrogen-bond acceptors (Lipinski definition) is 4. The molecule has 142 valence electrons. The van der Waals surface area contributed by atoms with Crippen LogP contribution in [0.5, 0.6) is 0 Å². The molecule has 1 saturated carbocycles. The number of thioether (sulfide) groups is 1. The van der Waals surface area contributed by atoms with Crippen LogP contribution in [0, 0.1) is 0 Å². The smallest absolute Gasteiger partial charge is 0.240 e. The number of aromatic amines is 1. The van der Waals surface area contributed by atoms with Gasteiger partial charge in [0.05, 0.1) is 15.9 Å². The van der Waals surface area contributed by atoms with E-state index in [9.17, 15) is 8.42 Å². The summed E-state index contributed by atoms with van der Waals surface area (Å²) in [5.74, 6) is 0. The maximum atomic E-state index is 12.8. The molecule has 1 aliphatic rings. The quantitative estimate of drug-likeness (QED) is 0.631. The van der Waals surface area contributed by atoms with Crippen LogP contribution in [0.25, 0.3) is 11.0 Å². The van der Waals surface area contributed by atoms with E-state index in [1.807, 2.05) is 24.3 Å². The van der Waals surface area contributed by atoms with Crippen molar-refractivity contribution in [1.29, 1.82) is 0 Å². The van der Waals surface area contributed by atoms with Crippen molar-refractivity contribution < 1.29 is 8.42 Å². The van der Waals surface area contributed by atoms with Gasteiger partial charge >= 0.3 is 0 Å². The fourth-order valence-electron chi connectivity index (χ4n) is 3.38. The van der Waals surface area contributed by atoms with Gasteiger partial charge in [-0.05, 0) is 49.2 Å². The maximum absolute atomic E-state index is 12.8. The standard InChI is InChI=1S/C19H20ClN3O2S2/c20-13-9-11-14(12-10-13)27(24,25)23-17-7-3-4-8-18(17)26-19-21-15-5-1-2-6-16(15)22-19/h1-2,5-6,9-12,17-18,23H,3-4,7-8H2,(H,21,22)/t17-,18-/m0/s1. The van der Waals surface area contributed by atoms with Crippen LogP contribution in [0.2, 0.25) is 5.02 Å². The number of hydrogen-bond donors (Lipinski definition) is 2. The number of imidazole rings is 1. The van der Waals surface area contributed by atoms with Gasteiger partial charge in [-0.15, -0.1) is 0 Å². The molecule has 1 heterocycles. The lowest BCUT2D eigenvalue weighted by molar-refractivity contribution is 0.422. The van der Waals surface area contributed by atoms with Crippen LogP contribution in [0.4, 0.5) is 0 Å². The van der Waals surface area contributed by atoms with Crippen LogP contribution >= 0.6 is 23.4 Å². The van der Waals surface area contributed by atoms with Crippen LogP contribution in [0.15, 0.2) is 58.6 Å². The van der Waals surface area contributed by atoms with Crippen LogP contribution < -0.4 is 4.72 Å². The Balaban J connectivity index is 1.52. The normalized spacial score (nSPS) is 20.8. The van der Waals surface area contributed by atoms with Crippen LogP contribution in [-0.2, 0) is 10.0 Å². The van der Waals surface area contributed by atoms with Crippen molar-refractivity contribution in [1.82, 2.24) is 14.7 Å². The molecule has 4 rings (SSSR count). The van der Waals surface area contributed by atoms with Gasteiger partial charge in [0.15, 0.2) is 5.16 Å². The molecule has 0 unspecified atom stereocenters. The van der Waals surface area contributed by atoms with Crippen LogP contribution in [-0.4, -0.2) is 29.7 Å². The lowest BCUT2D eigenvalue weighted by Gasteiger charge is -2.30. The summed E-state index contributed by atoms with van der Waals surface area (Å²) < 4.78 is 28.4. The predicted octanol–water partition coefficient (Wildman–Crippen LogP) is 4.60. The van der Waals surface area contributed by atoms with Crippen molar-refractivity contribution in [3.8, 4) is 0 Å². The summed E-state index contributed by atoms with van der Waals surface area (Å²) in [6.07, 6.45) is 3.89. The Morgan fingerprint density at radius 3 is 2.59 bits per heavy atom. The molecule has 2 N–H and O–H groups in total. The van der Waals surface area contributed by atoms with Crippen molar-refractivity contribution >= 4 is 44.4 Å².